The molecule has 0 radical (unpaired) electrons. The Labute approximate surface area is 171 Å². The SMILES string of the molecule is C=CCON(C(C)=O)C(=O)c1nc(-c2ccc(Cl)c(OC)c2F)nc(N)c1C=C. The van der Waals surface area contributed by atoms with Crippen LogP contribution in [0.15, 0.2) is 31.4 Å². The Balaban J connectivity index is 2.68. The van der Waals surface area contributed by atoms with Gasteiger partial charge in [0.25, 0.3) is 5.91 Å². The number of rotatable bonds is 7. The highest BCUT2D eigenvalue weighted by atomic mass is 35.5. The van der Waals surface area contributed by atoms with Crippen LogP contribution in [0.25, 0.3) is 17.5 Å². The van der Waals surface area contributed by atoms with E-state index in [-0.39, 0.29) is 45.8 Å². The second-order valence-corrected chi connectivity index (χ2v) is 5.95. The number of hydrogen-bond donors (Lipinski definition) is 1. The molecule has 152 valence electrons. The zero-order valence-electron chi connectivity index (χ0n) is 15.7. The highest BCUT2D eigenvalue weighted by Crippen LogP contribution is 2.34. The molecule has 0 bridgehead atoms. The van der Waals surface area contributed by atoms with Crippen LogP contribution >= 0.6 is 11.6 Å². The monoisotopic (exact) mass is 420 g/mol. The Morgan fingerprint density at radius 1 is 1.34 bits per heavy atom. The number of nitrogens with two attached hydrogens (primary N) is 1. The first kappa shape index (κ1) is 22.0. The molecule has 0 aliphatic rings. The van der Waals surface area contributed by atoms with Gasteiger partial charge in [0.05, 0.1) is 24.3 Å². The molecule has 0 saturated heterocycles. The van der Waals surface area contributed by atoms with Crippen molar-refractivity contribution < 1.29 is 23.6 Å². The third-order valence-electron chi connectivity index (χ3n) is 3.67. The maximum absolute atomic E-state index is 14.8. The number of ether oxygens (including phenoxy) is 1. The number of anilines is 1. The van der Waals surface area contributed by atoms with E-state index in [0.29, 0.717) is 5.06 Å². The van der Waals surface area contributed by atoms with E-state index in [9.17, 15) is 14.0 Å². The average molecular weight is 421 g/mol. The van der Waals surface area contributed by atoms with Gasteiger partial charge in [-0.25, -0.2) is 14.4 Å². The zero-order valence-corrected chi connectivity index (χ0v) is 16.5. The number of methoxy groups -OCH3 is 1. The van der Waals surface area contributed by atoms with Gasteiger partial charge >= 0.3 is 5.91 Å². The van der Waals surface area contributed by atoms with Crippen LogP contribution in [0, 0.1) is 5.82 Å². The van der Waals surface area contributed by atoms with Crippen LogP contribution in [0.5, 0.6) is 5.75 Å². The van der Waals surface area contributed by atoms with Crippen LogP contribution in [-0.2, 0) is 9.63 Å². The van der Waals surface area contributed by atoms with E-state index in [4.69, 9.17) is 26.9 Å². The summed E-state index contributed by atoms with van der Waals surface area (Å²) in [6.07, 6.45) is 2.60. The number of aromatic nitrogens is 2. The number of nitrogens with zero attached hydrogens (tertiary/aromatic N) is 3. The second kappa shape index (κ2) is 9.26. The minimum Gasteiger partial charge on any atom is -0.492 e. The minimum absolute atomic E-state index is 0.0429. The molecule has 2 amide bonds. The summed E-state index contributed by atoms with van der Waals surface area (Å²) in [5, 5.41) is 0.542. The minimum atomic E-state index is -0.925. The third kappa shape index (κ3) is 4.41. The number of carbonyl (C=O) groups excluding carboxylic acids is 2. The van der Waals surface area contributed by atoms with E-state index in [1.54, 1.807) is 0 Å². The number of halogens is 2. The molecular weight excluding hydrogens is 403 g/mol. The van der Waals surface area contributed by atoms with Crippen LogP contribution in [0.2, 0.25) is 5.02 Å². The molecule has 2 rings (SSSR count). The normalized spacial score (nSPS) is 10.3. The number of nitrogen functional groups attached to an aromatic ring is 1. The van der Waals surface area contributed by atoms with Gasteiger partial charge in [0.2, 0.25) is 0 Å². The van der Waals surface area contributed by atoms with E-state index >= 15 is 0 Å². The lowest BCUT2D eigenvalue weighted by Gasteiger charge is -2.19. The van der Waals surface area contributed by atoms with Crippen molar-refractivity contribution >= 4 is 35.3 Å². The lowest BCUT2D eigenvalue weighted by molar-refractivity contribution is -0.163. The first-order chi connectivity index (χ1) is 13.8. The van der Waals surface area contributed by atoms with Crippen molar-refractivity contribution in [2.45, 2.75) is 6.92 Å². The molecule has 0 aliphatic heterocycles. The zero-order chi connectivity index (χ0) is 21.7. The molecule has 0 spiro atoms. The molecule has 0 fully saturated rings. The van der Waals surface area contributed by atoms with Crippen molar-refractivity contribution in [2.75, 3.05) is 19.5 Å². The second-order valence-electron chi connectivity index (χ2n) is 5.54. The summed E-state index contributed by atoms with van der Waals surface area (Å²) in [6.45, 7) is 8.06. The molecule has 10 heteroatoms. The molecule has 1 heterocycles. The summed E-state index contributed by atoms with van der Waals surface area (Å²) < 4.78 is 19.7. The van der Waals surface area contributed by atoms with Gasteiger partial charge in [-0.3, -0.25) is 14.4 Å². The van der Waals surface area contributed by atoms with Gasteiger partial charge in [-0.2, -0.15) is 0 Å². The number of imide groups is 1. The Morgan fingerprint density at radius 3 is 2.59 bits per heavy atom. The number of carbonyl (C=O) groups is 2. The molecule has 29 heavy (non-hydrogen) atoms. The summed E-state index contributed by atoms with van der Waals surface area (Å²) >= 11 is 5.91. The van der Waals surface area contributed by atoms with Gasteiger partial charge in [0.15, 0.2) is 17.4 Å². The Morgan fingerprint density at radius 2 is 2.03 bits per heavy atom. The number of hydroxylamine groups is 2. The lowest BCUT2D eigenvalue weighted by atomic mass is 10.1. The fourth-order valence-electron chi connectivity index (χ4n) is 2.38. The topological polar surface area (TPSA) is 108 Å². The quantitative estimate of drug-likeness (QED) is 0.541. The Hall–Kier alpha value is -3.30. The molecule has 2 N–H and O–H groups in total. The van der Waals surface area contributed by atoms with Crippen molar-refractivity contribution in [3.05, 3.63) is 53.5 Å². The average Bonchev–Trinajstić information content (AvgIpc) is 2.67. The van der Waals surface area contributed by atoms with E-state index in [1.807, 2.05) is 0 Å². The van der Waals surface area contributed by atoms with Crippen molar-refractivity contribution in [3.63, 3.8) is 0 Å². The first-order valence-corrected chi connectivity index (χ1v) is 8.55. The van der Waals surface area contributed by atoms with Crippen molar-refractivity contribution in [2.24, 2.45) is 0 Å². The maximum Gasteiger partial charge on any atom is 0.304 e. The van der Waals surface area contributed by atoms with E-state index in [0.717, 1.165) is 6.92 Å². The van der Waals surface area contributed by atoms with E-state index in [1.165, 1.54) is 31.4 Å². The summed E-state index contributed by atoms with van der Waals surface area (Å²) in [5.41, 5.74) is 5.58. The summed E-state index contributed by atoms with van der Waals surface area (Å²) in [7, 11) is 1.25. The summed E-state index contributed by atoms with van der Waals surface area (Å²) in [6, 6.07) is 2.70. The first-order valence-electron chi connectivity index (χ1n) is 8.17. The fraction of sp³-hybridized carbons (Fsp3) is 0.158. The van der Waals surface area contributed by atoms with Crippen molar-refractivity contribution in [1.82, 2.24) is 15.0 Å². The number of benzene rings is 1. The highest BCUT2D eigenvalue weighted by molar-refractivity contribution is 6.32. The molecule has 1 aromatic heterocycles. The van der Waals surface area contributed by atoms with Gasteiger partial charge in [-0.15, -0.1) is 11.6 Å². The van der Waals surface area contributed by atoms with Crippen LogP contribution in [-0.4, -0.2) is 40.6 Å². The Kier molecular flexibility index (Phi) is 7.03. The highest BCUT2D eigenvalue weighted by Gasteiger charge is 2.27. The number of amides is 2. The van der Waals surface area contributed by atoms with Gasteiger partial charge in [-0.05, 0) is 12.1 Å². The van der Waals surface area contributed by atoms with Gasteiger partial charge in [-0.1, -0.05) is 30.3 Å². The molecular formula is C19H18ClFN4O4. The third-order valence-corrected chi connectivity index (χ3v) is 3.97. The van der Waals surface area contributed by atoms with Crippen molar-refractivity contribution in [3.8, 4) is 17.1 Å². The van der Waals surface area contributed by atoms with Gasteiger partial charge in [0.1, 0.15) is 11.5 Å². The van der Waals surface area contributed by atoms with Crippen LogP contribution in [0.3, 0.4) is 0 Å². The molecule has 2 aromatic rings. The maximum atomic E-state index is 14.8. The molecule has 0 unspecified atom stereocenters. The summed E-state index contributed by atoms with van der Waals surface area (Å²) in [4.78, 5) is 37.9. The standard InChI is InChI=1S/C19H18ClFN4O4/c1-5-9-29-25(10(3)26)19(27)15-11(6-2)17(22)24-18(23-15)12-7-8-13(20)16(28-4)14(12)21/h5-8H,1-2,9H2,3-4H3,(H2,22,23,24). The smallest absolute Gasteiger partial charge is 0.304 e. The van der Waals surface area contributed by atoms with Gasteiger partial charge < -0.3 is 10.5 Å². The molecule has 0 atom stereocenters. The molecule has 0 aliphatic carbocycles. The van der Waals surface area contributed by atoms with Gasteiger partial charge in [0, 0.05) is 12.5 Å². The molecule has 0 saturated carbocycles. The molecule has 8 nitrogen and oxygen atoms in total. The van der Waals surface area contributed by atoms with E-state index in [2.05, 4.69) is 23.1 Å². The van der Waals surface area contributed by atoms with Crippen LogP contribution in [0.4, 0.5) is 10.2 Å². The van der Waals surface area contributed by atoms with Crippen LogP contribution < -0.4 is 10.5 Å². The van der Waals surface area contributed by atoms with E-state index < -0.39 is 17.6 Å². The molecule has 1 aromatic carbocycles. The number of hydrogen-bond acceptors (Lipinski definition) is 7. The fourth-order valence-corrected chi connectivity index (χ4v) is 2.60. The van der Waals surface area contributed by atoms with Crippen LogP contribution in [0.1, 0.15) is 23.0 Å². The Bertz CT molecular complexity index is 997. The largest absolute Gasteiger partial charge is 0.492 e. The summed E-state index contributed by atoms with van der Waals surface area (Å²) in [5.74, 6) is -3.04. The predicted molar refractivity (Wildman–Crippen MR) is 106 cm³/mol. The lowest BCUT2D eigenvalue weighted by Crippen LogP contribution is -2.36. The predicted octanol–water partition coefficient (Wildman–Crippen LogP) is 3.28. The van der Waals surface area contributed by atoms with Crippen molar-refractivity contribution in [1.29, 1.82) is 0 Å².